The highest BCUT2D eigenvalue weighted by molar-refractivity contribution is 7.07. The zero-order valence-corrected chi connectivity index (χ0v) is 9.41. The molecule has 0 bridgehead atoms. The molecule has 1 heterocycles. The third-order valence-corrected chi connectivity index (χ3v) is 2.85. The van der Waals surface area contributed by atoms with Crippen LogP contribution in [0.15, 0.2) is 22.3 Å². The van der Waals surface area contributed by atoms with Gasteiger partial charge in [-0.2, -0.15) is 0 Å². The van der Waals surface area contributed by atoms with Crippen molar-refractivity contribution in [3.05, 3.63) is 44.5 Å². The average Bonchev–Trinajstić information content (AvgIpc) is 2.67. The molecule has 7 heteroatoms. The van der Waals surface area contributed by atoms with E-state index in [-0.39, 0.29) is 22.8 Å². The monoisotopic (exact) mass is 257 g/mol. The van der Waals surface area contributed by atoms with Crippen LogP contribution in [0.4, 0.5) is 20.2 Å². The van der Waals surface area contributed by atoms with Crippen molar-refractivity contribution in [2.45, 2.75) is 6.54 Å². The number of nitrogens with one attached hydrogen (secondary N) is 2. The normalized spacial score (nSPS) is 10.5. The maximum absolute atomic E-state index is 13.1. The van der Waals surface area contributed by atoms with Crippen molar-refractivity contribution in [2.24, 2.45) is 0 Å². The second kappa shape index (κ2) is 4.54. The molecule has 2 aromatic rings. The van der Waals surface area contributed by atoms with Crippen LogP contribution in [0.2, 0.25) is 0 Å². The first-order chi connectivity index (χ1) is 8.06. The maximum Gasteiger partial charge on any atom is 0.304 e. The molecule has 17 heavy (non-hydrogen) atoms. The zero-order valence-electron chi connectivity index (χ0n) is 8.59. The van der Waals surface area contributed by atoms with Gasteiger partial charge in [0, 0.05) is 17.1 Å². The number of nitrogen functional groups attached to an aromatic ring is 1. The predicted molar refractivity (Wildman–Crippen MR) is 63.0 cm³/mol. The Morgan fingerprint density at radius 2 is 2.18 bits per heavy atom. The summed E-state index contributed by atoms with van der Waals surface area (Å²) in [5.74, 6) is -1.52. The van der Waals surface area contributed by atoms with E-state index in [0.717, 1.165) is 17.4 Å². The van der Waals surface area contributed by atoms with E-state index in [0.29, 0.717) is 11.8 Å². The van der Waals surface area contributed by atoms with E-state index in [1.807, 2.05) is 0 Å². The summed E-state index contributed by atoms with van der Waals surface area (Å²) in [5.41, 5.74) is 6.09. The molecule has 0 atom stereocenters. The van der Waals surface area contributed by atoms with Crippen LogP contribution in [-0.4, -0.2) is 4.98 Å². The van der Waals surface area contributed by atoms with Crippen molar-refractivity contribution >= 4 is 22.7 Å². The van der Waals surface area contributed by atoms with Gasteiger partial charge in [-0.15, -0.1) is 0 Å². The van der Waals surface area contributed by atoms with Crippen LogP contribution in [0, 0.1) is 11.6 Å². The molecule has 90 valence electrons. The van der Waals surface area contributed by atoms with Gasteiger partial charge in [-0.25, -0.2) is 8.78 Å². The molecule has 0 amide bonds. The minimum Gasteiger partial charge on any atom is -0.395 e. The van der Waals surface area contributed by atoms with Gasteiger partial charge in [0.2, 0.25) is 0 Å². The van der Waals surface area contributed by atoms with Crippen LogP contribution in [0.25, 0.3) is 0 Å². The van der Waals surface area contributed by atoms with E-state index < -0.39 is 11.6 Å². The lowest BCUT2D eigenvalue weighted by atomic mass is 10.2. The van der Waals surface area contributed by atoms with Crippen LogP contribution in [0.5, 0.6) is 0 Å². The van der Waals surface area contributed by atoms with Gasteiger partial charge in [-0.05, 0) is 6.07 Å². The number of aromatic nitrogens is 1. The molecule has 0 unspecified atom stereocenters. The number of nitrogens with two attached hydrogens (primary N) is 1. The first-order valence-corrected chi connectivity index (χ1v) is 5.59. The molecule has 0 saturated heterocycles. The Labute approximate surface area is 99.1 Å². The number of rotatable bonds is 3. The van der Waals surface area contributed by atoms with Gasteiger partial charge in [-0.3, -0.25) is 4.79 Å². The maximum atomic E-state index is 13.1. The minimum atomic E-state index is -0.814. The molecule has 2 rings (SSSR count). The summed E-state index contributed by atoms with van der Waals surface area (Å²) in [7, 11) is 0. The lowest BCUT2D eigenvalue weighted by Gasteiger charge is -2.09. The number of hydrogen-bond acceptors (Lipinski definition) is 4. The molecule has 1 aromatic carbocycles. The second-order valence-electron chi connectivity index (χ2n) is 3.38. The molecule has 0 saturated carbocycles. The van der Waals surface area contributed by atoms with Crippen LogP contribution >= 0.6 is 11.3 Å². The van der Waals surface area contributed by atoms with E-state index in [1.54, 1.807) is 5.38 Å². The Morgan fingerprint density at radius 1 is 1.41 bits per heavy atom. The highest BCUT2D eigenvalue weighted by Crippen LogP contribution is 2.23. The summed E-state index contributed by atoms with van der Waals surface area (Å²) in [6.07, 6.45) is 0. The lowest BCUT2D eigenvalue weighted by Crippen LogP contribution is -2.06. The third kappa shape index (κ3) is 2.62. The highest BCUT2D eigenvalue weighted by atomic mass is 32.1. The Balaban J connectivity index is 2.16. The Morgan fingerprint density at radius 3 is 2.82 bits per heavy atom. The van der Waals surface area contributed by atoms with E-state index in [1.165, 1.54) is 0 Å². The molecule has 0 radical (unpaired) electrons. The van der Waals surface area contributed by atoms with E-state index in [2.05, 4.69) is 10.3 Å². The molecule has 1 aromatic heterocycles. The molecule has 0 spiro atoms. The predicted octanol–water partition coefficient (Wildman–Crippen LogP) is 1.91. The highest BCUT2D eigenvalue weighted by Gasteiger charge is 2.08. The molecule has 4 N–H and O–H groups in total. The van der Waals surface area contributed by atoms with Gasteiger partial charge in [-0.1, -0.05) is 11.3 Å². The van der Waals surface area contributed by atoms with Gasteiger partial charge in [0.25, 0.3) is 0 Å². The molecule has 0 aliphatic carbocycles. The fourth-order valence-corrected chi connectivity index (χ4v) is 1.90. The van der Waals surface area contributed by atoms with Gasteiger partial charge < -0.3 is 16.0 Å². The zero-order chi connectivity index (χ0) is 12.4. The second-order valence-corrected chi connectivity index (χ2v) is 4.22. The molecule has 0 aliphatic rings. The SMILES string of the molecule is Nc1c(F)cc(F)cc1NCc1csc(=O)[nH]1. The quantitative estimate of drug-likeness (QED) is 0.735. The molecule has 4 nitrogen and oxygen atoms in total. The number of anilines is 2. The molecule has 0 aliphatic heterocycles. The van der Waals surface area contributed by atoms with Crippen molar-refractivity contribution in [1.29, 1.82) is 0 Å². The Kier molecular flexibility index (Phi) is 3.10. The first kappa shape index (κ1) is 11.6. The first-order valence-electron chi connectivity index (χ1n) is 4.71. The number of benzene rings is 1. The fourth-order valence-electron chi connectivity index (χ4n) is 1.32. The van der Waals surface area contributed by atoms with Crippen molar-refractivity contribution < 1.29 is 8.78 Å². The van der Waals surface area contributed by atoms with Gasteiger partial charge >= 0.3 is 4.87 Å². The largest absolute Gasteiger partial charge is 0.395 e. The molecular formula is C10H9F2N3OS. The summed E-state index contributed by atoms with van der Waals surface area (Å²) in [6.45, 7) is 0.242. The van der Waals surface area contributed by atoms with Crippen LogP contribution in [-0.2, 0) is 6.54 Å². The van der Waals surface area contributed by atoms with Crippen LogP contribution in [0.1, 0.15) is 5.69 Å². The van der Waals surface area contributed by atoms with E-state index in [4.69, 9.17) is 5.73 Å². The van der Waals surface area contributed by atoms with E-state index in [9.17, 15) is 13.6 Å². The topological polar surface area (TPSA) is 70.9 Å². The number of hydrogen-bond donors (Lipinski definition) is 3. The van der Waals surface area contributed by atoms with Crippen molar-refractivity contribution in [2.75, 3.05) is 11.1 Å². The van der Waals surface area contributed by atoms with Crippen molar-refractivity contribution in [3.8, 4) is 0 Å². The molecule has 0 fully saturated rings. The van der Waals surface area contributed by atoms with Crippen LogP contribution < -0.4 is 15.9 Å². The number of halogens is 2. The van der Waals surface area contributed by atoms with E-state index >= 15 is 0 Å². The summed E-state index contributed by atoms with van der Waals surface area (Å²) in [4.78, 5) is 13.3. The average molecular weight is 257 g/mol. The Bertz CT molecular complexity index is 593. The number of thiazole rings is 1. The summed E-state index contributed by atoms with van der Waals surface area (Å²) < 4.78 is 26.1. The van der Waals surface area contributed by atoms with Gasteiger partial charge in [0.1, 0.15) is 5.82 Å². The minimum absolute atomic E-state index is 0.149. The number of aromatic amines is 1. The smallest absolute Gasteiger partial charge is 0.304 e. The summed E-state index contributed by atoms with van der Waals surface area (Å²) in [6, 6.07) is 1.82. The van der Waals surface area contributed by atoms with Crippen molar-refractivity contribution in [3.63, 3.8) is 0 Å². The number of H-pyrrole nitrogens is 1. The van der Waals surface area contributed by atoms with Gasteiger partial charge in [0.15, 0.2) is 5.82 Å². The lowest BCUT2D eigenvalue weighted by molar-refractivity contribution is 0.587. The standard InChI is InChI=1S/C10H9F2N3OS/c11-5-1-7(12)9(13)8(2-5)14-3-6-4-17-10(16)15-6/h1-2,4,14H,3,13H2,(H,15,16). The third-order valence-electron chi connectivity index (χ3n) is 2.13. The van der Waals surface area contributed by atoms with Gasteiger partial charge in [0.05, 0.1) is 17.9 Å². The summed E-state index contributed by atoms with van der Waals surface area (Å²) >= 11 is 1.02. The Hall–Kier alpha value is -1.89. The van der Waals surface area contributed by atoms with Crippen molar-refractivity contribution in [1.82, 2.24) is 4.98 Å². The van der Waals surface area contributed by atoms with Crippen LogP contribution in [0.3, 0.4) is 0 Å². The molecular weight excluding hydrogens is 248 g/mol. The fraction of sp³-hybridized carbons (Fsp3) is 0.100. The summed E-state index contributed by atoms with van der Waals surface area (Å²) in [5, 5.41) is 4.38.